The van der Waals surface area contributed by atoms with Gasteiger partial charge in [-0.3, -0.25) is 9.80 Å². The SMILES string of the molecule is CN(C)[C@]1(c2ccccc2)CC[C@]2(CC1)CN(c1cnc(-c3cncnc3)nc1)C(=O)N2. The van der Waals surface area contributed by atoms with Gasteiger partial charge in [0.05, 0.1) is 35.7 Å². The quantitative estimate of drug-likeness (QED) is 0.685. The minimum atomic E-state index is -0.225. The predicted octanol–water partition coefficient (Wildman–Crippen LogP) is 3.23. The van der Waals surface area contributed by atoms with E-state index in [9.17, 15) is 4.79 Å². The molecule has 8 heteroatoms. The number of hydrogen-bond donors (Lipinski definition) is 1. The minimum Gasteiger partial charge on any atom is -0.330 e. The Kier molecular flexibility index (Phi) is 5.09. The fourth-order valence-corrected chi connectivity index (χ4v) is 5.11. The molecule has 1 spiro atoms. The van der Waals surface area contributed by atoms with Gasteiger partial charge in [-0.15, -0.1) is 0 Å². The van der Waals surface area contributed by atoms with E-state index in [4.69, 9.17) is 0 Å². The lowest BCUT2D eigenvalue weighted by molar-refractivity contribution is 0.0658. The molecule has 1 aliphatic heterocycles. The van der Waals surface area contributed by atoms with E-state index in [1.54, 1.807) is 29.7 Å². The Morgan fingerprint density at radius 2 is 1.59 bits per heavy atom. The number of carbonyl (C=O) groups excluding carboxylic acids is 1. The summed E-state index contributed by atoms with van der Waals surface area (Å²) in [6.45, 7) is 0.626. The third kappa shape index (κ3) is 3.50. The molecule has 5 rings (SSSR count). The van der Waals surface area contributed by atoms with Gasteiger partial charge in [0.25, 0.3) is 0 Å². The molecule has 1 saturated heterocycles. The number of urea groups is 1. The standard InChI is InChI=1S/C24H27N7O/c1-30(2)24(19-6-4-3-5-7-19)10-8-23(9-11-24)16-31(22(32)29-23)20-14-27-21(28-15-20)18-12-25-17-26-13-18/h3-7,12-15,17H,8-11,16H2,1-2H3,(H,29,32)/t23-,24+. The van der Waals surface area contributed by atoms with Crippen LogP contribution in [0.5, 0.6) is 0 Å². The van der Waals surface area contributed by atoms with Gasteiger partial charge in [0, 0.05) is 17.9 Å². The number of carbonyl (C=O) groups is 1. The van der Waals surface area contributed by atoms with Crippen molar-refractivity contribution in [3.8, 4) is 11.4 Å². The van der Waals surface area contributed by atoms with Crippen molar-refractivity contribution in [2.75, 3.05) is 25.5 Å². The van der Waals surface area contributed by atoms with Crippen LogP contribution in [-0.2, 0) is 5.54 Å². The molecule has 0 bridgehead atoms. The van der Waals surface area contributed by atoms with Crippen molar-refractivity contribution in [1.29, 1.82) is 0 Å². The van der Waals surface area contributed by atoms with Crippen molar-refractivity contribution in [1.82, 2.24) is 30.2 Å². The number of nitrogens with zero attached hydrogens (tertiary/aromatic N) is 6. The molecule has 2 amide bonds. The summed E-state index contributed by atoms with van der Waals surface area (Å²) in [6, 6.07) is 10.6. The zero-order valence-corrected chi connectivity index (χ0v) is 18.4. The summed E-state index contributed by atoms with van der Waals surface area (Å²) in [6.07, 6.45) is 12.0. The molecule has 2 aliphatic rings. The van der Waals surface area contributed by atoms with Gasteiger partial charge in [-0.1, -0.05) is 30.3 Å². The van der Waals surface area contributed by atoms with Crippen molar-refractivity contribution in [2.45, 2.75) is 36.8 Å². The summed E-state index contributed by atoms with van der Waals surface area (Å²) >= 11 is 0. The lowest BCUT2D eigenvalue weighted by Gasteiger charge is -2.48. The highest BCUT2D eigenvalue weighted by Crippen LogP contribution is 2.46. The second-order valence-electron chi connectivity index (χ2n) is 8.98. The van der Waals surface area contributed by atoms with Crippen LogP contribution >= 0.6 is 0 Å². The lowest BCUT2D eigenvalue weighted by atomic mass is 9.69. The highest BCUT2D eigenvalue weighted by Gasteiger charge is 2.50. The maximum Gasteiger partial charge on any atom is 0.322 e. The molecule has 0 unspecified atom stereocenters. The van der Waals surface area contributed by atoms with Crippen LogP contribution in [0.25, 0.3) is 11.4 Å². The van der Waals surface area contributed by atoms with Gasteiger partial charge in [-0.25, -0.2) is 24.7 Å². The summed E-state index contributed by atoms with van der Waals surface area (Å²) in [4.78, 5) is 33.9. The van der Waals surface area contributed by atoms with Crippen molar-refractivity contribution in [2.24, 2.45) is 0 Å². The van der Waals surface area contributed by atoms with Crippen molar-refractivity contribution >= 4 is 11.7 Å². The van der Waals surface area contributed by atoms with E-state index in [2.05, 4.69) is 74.6 Å². The van der Waals surface area contributed by atoms with E-state index in [0.717, 1.165) is 31.2 Å². The summed E-state index contributed by atoms with van der Waals surface area (Å²) < 4.78 is 0. The molecule has 2 aromatic heterocycles. The lowest BCUT2D eigenvalue weighted by Crippen LogP contribution is -2.54. The molecular formula is C24H27N7O. The second kappa shape index (κ2) is 7.94. The molecule has 2 fully saturated rings. The normalized spacial score (nSPS) is 25.3. The summed E-state index contributed by atoms with van der Waals surface area (Å²) in [5.74, 6) is 0.542. The molecule has 0 radical (unpaired) electrons. The minimum absolute atomic E-state index is 0.00677. The van der Waals surface area contributed by atoms with Crippen LogP contribution in [0.2, 0.25) is 0 Å². The van der Waals surface area contributed by atoms with E-state index in [0.29, 0.717) is 18.1 Å². The fourth-order valence-electron chi connectivity index (χ4n) is 5.11. The highest BCUT2D eigenvalue weighted by atomic mass is 16.2. The van der Waals surface area contributed by atoms with E-state index >= 15 is 0 Å². The Labute approximate surface area is 187 Å². The molecule has 3 heterocycles. The Balaban J connectivity index is 1.33. The van der Waals surface area contributed by atoms with Crippen LogP contribution in [0.1, 0.15) is 31.2 Å². The molecule has 32 heavy (non-hydrogen) atoms. The molecule has 1 aromatic carbocycles. The average molecular weight is 430 g/mol. The maximum absolute atomic E-state index is 12.9. The number of nitrogens with one attached hydrogen (secondary N) is 1. The van der Waals surface area contributed by atoms with E-state index in [1.165, 1.54) is 11.9 Å². The van der Waals surface area contributed by atoms with Crippen LogP contribution in [0, 0.1) is 0 Å². The molecule has 1 N–H and O–H groups in total. The van der Waals surface area contributed by atoms with Crippen LogP contribution in [0.15, 0.2) is 61.4 Å². The van der Waals surface area contributed by atoms with Gasteiger partial charge in [-0.2, -0.15) is 0 Å². The molecule has 1 saturated carbocycles. The monoisotopic (exact) mass is 429 g/mol. The van der Waals surface area contributed by atoms with Gasteiger partial charge in [0.15, 0.2) is 5.82 Å². The maximum atomic E-state index is 12.9. The predicted molar refractivity (Wildman–Crippen MR) is 122 cm³/mol. The second-order valence-corrected chi connectivity index (χ2v) is 8.98. The molecule has 0 atom stereocenters. The first-order chi connectivity index (χ1) is 15.5. The zero-order valence-electron chi connectivity index (χ0n) is 18.4. The molecule has 164 valence electrons. The third-order valence-corrected chi connectivity index (χ3v) is 7.05. The number of anilines is 1. The number of hydrogen-bond acceptors (Lipinski definition) is 6. The topological polar surface area (TPSA) is 87.1 Å². The van der Waals surface area contributed by atoms with Crippen LogP contribution < -0.4 is 10.2 Å². The van der Waals surface area contributed by atoms with Gasteiger partial charge < -0.3 is 5.32 Å². The number of amides is 2. The van der Waals surface area contributed by atoms with E-state index < -0.39 is 0 Å². The zero-order chi connectivity index (χ0) is 22.2. The fraction of sp³-hybridized carbons (Fsp3) is 0.375. The summed E-state index contributed by atoms with van der Waals surface area (Å²) in [5, 5.41) is 3.29. The van der Waals surface area contributed by atoms with Gasteiger partial charge >= 0.3 is 6.03 Å². The molecule has 1 aliphatic carbocycles. The van der Waals surface area contributed by atoms with Gasteiger partial charge in [-0.05, 0) is 45.3 Å². The van der Waals surface area contributed by atoms with Gasteiger partial charge in [0.2, 0.25) is 0 Å². The van der Waals surface area contributed by atoms with Crippen LogP contribution in [-0.4, -0.2) is 57.0 Å². The Hall–Kier alpha value is -3.39. The summed E-state index contributed by atoms with van der Waals surface area (Å²) in [7, 11) is 4.31. The number of benzene rings is 1. The van der Waals surface area contributed by atoms with Crippen LogP contribution in [0.4, 0.5) is 10.5 Å². The van der Waals surface area contributed by atoms with Crippen LogP contribution in [0.3, 0.4) is 0 Å². The Morgan fingerprint density at radius 1 is 0.938 bits per heavy atom. The van der Waals surface area contributed by atoms with Crippen molar-refractivity contribution in [3.63, 3.8) is 0 Å². The third-order valence-electron chi connectivity index (χ3n) is 7.05. The van der Waals surface area contributed by atoms with Gasteiger partial charge in [0.1, 0.15) is 6.33 Å². The Morgan fingerprint density at radius 3 is 2.22 bits per heavy atom. The summed E-state index contributed by atoms with van der Waals surface area (Å²) in [5.41, 5.74) is 2.56. The first kappa shape index (κ1) is 20.5. The van der Waals surface area contributed by atoms with E-state index in [-0.39, 0.29) is 17.1 Å². The first-order valence-electron chi connectivity index (χ1n) is 10.9. The molecule has 3 aromatic rings. The molecule has 8 nitrogen and oxygen atoms in total. The average Bonchev–Trinajstić information content (AvgIpc) is 3.16. The number of aromatic nitrogens is 4. The smallest absolute Gasteiger partial charge is 0.322 e. The molecular weight excluding hydrogens is 402 g/mol. The van der Waals surface area contributed by atoms with Crippen molar-refractivity contribution < 1.29 is 4.79 Å². The largest absolute Gasteiger partial charge is 0.330 e. The highest BCUT2D eigenvalue weighted by molar-refractivity contribution is 5.95. The Bertz CT molecular complexity index is 1080. The number of rotatable bonds is 4. The van der Waals surface area contributed by atoms with E-state index in [1.807, 2.05) is 0 Å². The first-order valence-corrected chi connectivity index (χ1v) is 10.9. The van der Waals surface area contributed by atoms with Crippen molar-refractivity contribution in [3.05, 3.63) is 67.0 Å².